The summed E-state index contributed by atoms with van der Waals surface area (Å²) in [6.45, 7) is 11.0. The highest BCUT2D eigenvalue weighted by Crippen LogP contribution is 2.39. The topological polar surface area (TPSA) is 87.7 Å². The first-order valence-electron chi connectivity index (χ1n) is 14.4. The van der Waals surface area contributed by atoms with Crippen LogP contribution in [0.15, 0.2) is 33.9 Å². The van der Waals surface area contributed by atoms with Gasteiger partial charge in [-0.2, -0.15) is 0 Å². The first-order chi connectivity index (χ1) is 19.9. The van der Waals surface area contributed by atoms with E-state index in [-0.39, 0.29) is 13.2 Å². The van der Waals surface area contributed by atoms with Gasteiger partial charge in [-0.05, 0) is 63.0 Å². The van der Waals surface area contributed by atoms with Crippen LogP contribution in [0, 0.1) is 20.8 Å². The summed E-state index contributed by atoms with van der Waals surface area (Å²) in [6, 6.07) is 5.30. The van der Waals surface area contributed by atoms with E-state index in [0.29, 0.717) is 71.9 Å². The van der Waals surface area contributed by atoms with Gasteiger partial charge in [-0.3, -0.25) is 4.90 Å². The standard InChI is InChI=1S/C31H38ClF2N5O3/c1-6-7-23(40)16-41-24-8-9-26(32)25(12-24)29-35-28(27-19(3)37-42-20(27)4)18(2)30(36-29)39-14-21-10-11-38(13-22(21)15-39)17-31(5,33)34/h8-9,12,23,40H,6-7,10-11,13-17H2,1-5H3/t23-/m1/s1. The number of rotatable bonds is 10. The van der Waals surface area contributed by atoms with Gasteiger partial charge in [-0.25, -0.2) is 18.7 Å². The van der Waals surface area contributed by atoms with Gasteiger partial charge < -0.3 is 19.3 Å². The van der Waals surface area contributed by atoms with Gasteiger partial charge in [0.15, 0.2) is 5.82 Å². The molecular weight excluding hydrogens is 564 g/mol. The average Bonchev–Trinajstić information content (AvgIpc) is 3.49. The highest BCUT2D eigenvalue weighted by atomic mass is 35.5. The van der Waals surface area contributed by atoms with Crippen molar-refractivity contribution >= 4 is 17.4 Å². The minimum atomic E-state index is -2.73. The lowest BCUT2D eigenvalue weighted by molar-refractivity contribution is -0.0130. The summed E-state index contributed by atoms with van der Waals surface area (Å²) in [7, 11) is 0. The maximum atomic E-state index is 13.7. The fourth-order valence-electron chi connectivity index (χ4n) is 5.85. The molecule has 0 unspecified atom stereocenters. The normalized spacial score (nSPS) is 16.7. The Labute approximate surface area is 250 Å². The number of benzene rings is 1. The summed E-state index contributed by atoms with van der Waals surface area (Å²) in [5.41, 5.74) is 6.14. The summed E-state index contributed by atoms with van der Waals surface area (Å²) in [5, 5.41) is 14.8. The van der Waals surface area contributed by atoms with E-state index in [1.54, 1.807) is 18.2 Å². The van der Waals surface area contributed by atoms with E-state index < -0.39 is 12.0 Å². The molecule has 0 aliphatic carbocycles. The van der Waals surface area contributed by atoms with Crippen LogP contribution in [0.1, 0.15) is 50.1 Å². The Morgan fingerprint density at radius 3 is 2.60 bits per heavy atom. The van der Waals surface area contributed by atoms with Gasteiger partial charge >= 0.3 is 0 Å². The predicted octanol–water partition coefficient (Wildman–Crippen LogP) is 6.39. The number of aliphatic hydroxyl groups excluding tert-OH is 1. The zero-order valence-corrected chi connectivity index (χ0v) is 25.6. The van der Waals surface area contributed by atoms with E-state index in [0.717, 1.165) is 36.7 Å². The minimum Gasteiger partial charge on any atom is -0.491 e. The van der Waals surface area contributed by atoms with E-state index in [1.807, 2.05) is 32.6 Å². The molecule has 0 saturated carbocycles. The molecule has 0 fully saturated rings. The van der Waals surface area contributed by atoms with Crippen molar-refractivity contribution in [1.82, 2.24) is 20.0 Å². The first kappa shape index (κ1) is 30.4. The monoisotopic (exact) mass is 601 g/mol. The number of anilines is 1. The van der Waals surface area contributed by atoms with Crippen molar-refractivity contribution in [3.8, 4) is 28.4 Å². The van der Waals surface area contributed by atoms with E-state index in [2.05, 4.69) is 10.1 Å². The van der Waals surface area contributed by atoms with Crippen LogP contribution in [0.3, 0.4) is 0 Å². The highest BCUT2D eigenvalue weighted by molar-refractivity contribution is 6.33. The van der Waals surface area contributed by atoms with Gasteiger partial charge in [-0.1, -0.05) is 30.1 Å². The van der Waals surface area contributed by atoms with Gasteiger partial charge in [0.1, 0.15) is 23.9 Å². The lowest BCUT2D eigenvalue weighted by Crippen LogP contribution is -2.39. The Kier molecular flexibility index (Phi) is 8.87. The Morgan fingerprint density at radius 1 is 1.14 bits per heavy atom. The second-order valence-electron chi connectivity index (χ2n) is 11.5. The maximum absolute atomic E-state index is 13.7. The number of ether oxygens (including phenoxy) is 1. The van der Waals surface area contributed by atoms with Crippen molar-refractivity contribution in [2.24, 2.45) is 0 Å². The minimum absolute atomic E-state index is 0.172. The fraction of sp³-hybridized carbons (Fsp3) is 0.516. The molecule has 1 atom stereocenters. The molecule has 42 heavy (non-hydrogen) atoms. The SMILES string of the molecule is CCC[C@@H](O)COc1ccc(Cl)c(-c2nc(-c3c(C)noc3C)c(C)c(N3CC4=C(CN(CC(C)(F)F)CC4)C3)n2)c1. The van der Waals surface area contributed by atoms with Crippen LogP contribution < -0.4 is 9.64 Å². The van der Waals surface area contributed by atoms with Gasteiger partial charge in [0.05, 0.1) is 34.6 Å². The quantitative estimate of drug-likeness (QED) is 0.267. The molecule has 2 aromatic heterocycles. The number of alkyl halides is 2. The summed E-state index contributed by atoms with van der Waals surface area (Å²) in [6.07, 6.45) is 1.71. The Bertz CT molecular complexity index is 1470. The molecule has 1 aromatic carbocycles. The van der Waals surface area contributed by atoms with Crippen LogP contribution in [0.5, 0.6) is 5.75 Å². The van der Waals surface area contributed by atoms with E-state index in [4.69, 9.17) is 30.8 Å². The van der Waals surface area contributed by atoms with Crippen LogP contribution in [0.25, 0.3) is 22.6 Å². The third-order valence-corrected chi connectivity index (χ3v) is 8.17. The molecule has 8 nitrogen and oxygen atoms in total. The van der Waals surface area contributed by atoms with Crippen LogP contribution in [0.4, 0.5) is 14.6 Å². The molecule has 5 rings (SSSR count). The van der Waals surface area contributed by atoms with Crippen molar-refractivity contribution in [3.63, 3.8) is 0 Å². The average molecular weight is 602 g/mol. The van der Waals surface area contributed by atoms with Crippen molar-refractivity contribution in [2.45, 2.75) is 65.9 Å². The molecule has 0 spiro atoms. The lowest BCUT2D eigenvalue weighted by Gasteiger charge is -2.29. The molecule has 2 aliphatic heterocycles. The largest absolute Gasteiger partial charge is 0.491 e. The van der Waals surface area contributed by atoms with Gasteiger partial charge in [-0.15, -0.1) is 0 Å². The highest BCUT2D eigenvalue weighted by Gasteiger charge is 2.33. The molecule has 0 bridgehead atoms. The number of hydrogen-bond donors (Lipinski definition) is 1. The van der Waals surface area contributed by atoms with Crippen LogP contribution in [-0.2, 0) is 0 Å². The number of halogens is 3. The molecule has 3 aromatic rings. The fourth-order valence-corrected chi connectivity index (χ4v) is 6.05. The summed E-state index contributed by atoms with van der Waals surface area (Å²) >= 11 is 6.70. The van der Waals surface area contributed by atoms with Crippen molar-refractivity contribution in [1.29, 1.82) is 0 Å². The van der Waals surface area contributed by atoms with Crippen molar-refractivity contribution < 1.29 is 23.1 Å². The van der Waals surface area contributed by atoms with E-state index in [1.165, 1.54) is 11.1 Å². The van der Waals surface area contributed by atoms with Gasteiger partial charge in [0.25, 0.3) is 5.92 Å². The lowest BCUT2D eigenvalue weighted by atomic mass is 10.0. The van der Waals surface area contributed by atoms with E-state index >= 15 is 0 Å². The summed E-state index contributed by atoms with van der Waals surface area (Å²) < 4.78 is 38.9. The molecular formula is C31H38ClF2N5O3. The smallest absolute Gasteiger partial charge is 0.257 e. The van der Waals surface area contributed by atoms with Gasteiger partial charge in [0, 0.05) is 44.2 Å². The number of nitrogens with zero attached hydrogens (tertiary/aromatic N) is 5. The number of aromatic nitrogens is 3. The summed E-state index contributed by atoms with van der Waals surface area (Å²) in [4.78, 5) is 14.0. The van der Waals surface area contributed by atoms with Crippen LogP contribution >= 0.6 is 11.6 Å². The van der Waals surface area contributed by atoms with Crippen molar-refractivity contribution in [3.05, 3.63) is 51.4 Å². The Morgan fingerprint density at radius 2 is 1.90 bits per heavy atom. The molecule has 0 saturated heterocycles. The zero-order valence-electron chi connectivity index (χ0n) is 24.8. The van der Waals surface area contributed by atoms with Crippen LogP contribution in [0.2, 0.25) is 5.02 Å². The maximum Gasteiger partial charge on any atom is 0.257 e. The molecule has 0 amide bonds. The predicted molar refractivity (Wildman–Crippen MR) is 160 cm³/mol. The zero-order chi connectivity index (χ0) is 30.2. The number of aliphatic hydroxyl groups is 1. The molecule has 226 valence electrons. The van der Waals surface area contributed by atoms with Crippen LogP contribution in [-0.4, -0.2) is 76.5 Å². The number of hydrogen-bond acceptors (Lipinski definition) is 8. The molecule has 0 radical (unpaired) electrons. The second kappa shape index (κ2) is 12.3. The second-order valence-corrected chi connectivity index (χ2v) is 11.9. The van der Waals surface area contributed by atoms with Crippen molar-refractivity contribution in [2.75, 3.05) is 44.2 Å². The number of aryl methyl sites for hydroxylation is 2. The molecule has 4 heterocycles. The molecule has 11 heteroatoms. The van der Waals surface area contributed by atoms with E-state index in [9.17, 15) is 13.9 Å². The third-order valence-electron chi connectivity index (χ3n) is 7.84. The van der Waals surface area contributed by atoms with Gasteiger partial charge in [0.2, 0.25) is 0 Å². The molecule has 2 aliphatic rings. The summed E-state index contributed by atoms with van der Waals surface area (Å²) in [5.74, 6) is -0.358. The Balaban J connectivity index is 1.51. The Hall–Kier alpha value is -3.08. The first-order valence-corrected chi connectivity index (χ1v) is 14.8. The molecule has 1 N–H and O–H groups in total. The third kappa shape index (κ3) is 6.61.